The second-order valence-corrected chi connectivity index (χ2v) is 6.28. The van der Waals surface area contributed by atoms with Gasteiger partial charge in [0, 0.05) is 25.7 Å². The molecule has 3 nitrogen and oxygen atoms in total. The summed E-state index contributed by atoms with van der Waals surface area (Å²) < 4.78 is 0. The second-order valence-electron chi connectivity index (χ2n) is 6.28. The zero-order chi connectivity index (χ0) is 12.4. The van der Waals surface area contributed by atoms with Crippen LogP contribution in [0.25, 0.3) is 0 Å². The van der Waals surface area contributed by atoms with Gasteiger partial charge in [0.15, 0.2) is 0 Å². The second kappa shape index (κ2) is 5.50. The zero-order valence-corrected chi connectivity index (χ0v) is 11.4. The molecule has 2 aliphatic heterocycles. The fourth-order valence-corrected chi connectivity index (χ4v) is 4.13. The molecule has 0 bridgehead atoms. The number of piperidine rings is 2. The molecule has 0 aromatic carbocycles. The number of amides is 2. The summed E-state index contributed by atoms with van der Waals surface area (Å²) in [6.07, 6.45) is 11.6. The number of fused-ring (bicyclic) bond motifs is 1. The van der Waals surface area contributed by atoms with E-state index in [1.54, 1.807) is 0 Å². The van der Waals surface area contributed by atoms with Gasteiger partial charge in [-0.05, 0) is 50.9 Å². The minimum atomic E-state index is 0.353. The van der Waals surface area contributed by atoms with E-state index >= 15 is 0 Å². The van der Waals surface area contributed by atoms with Crippen LogP contribution in [0.3, 0.4) is 0 Å². The number of carbonyl (C=O) groups excluding carboxylic acids is 1. The van der Waals surface area contributed by atoms with Gasteiger partial charge >= 0.3 is 6.03 Å². The molecule has 2 atom stereocenters. The monoisotopic (exact) mass is 250 g/mol. The number of nitrogens with zero attached hydrogens (tertiary/aromatic N) is 2. The maximum Gasteiger partial charge on any atom is 0.320 e. The first-order chi connectivity index (χ1) is 8.86. The van der Waals surface area contributed by atoms with Gasteiger partial charge < -0.3 is 9.80 Å². The molecular formula is C15H26N2O. The molecule has 0 spiro atoms. The van der Waals surface area contributed by atoms with E-state index < -0.39 is 0 Å². The Morgan fingerprint density at radius 2 is 1.50 bits per heavy atom. The van der Waals surface area contributed by atoms with Crippen molar-refractivity contribution in [1.82, 2.24) is 9.80 Å². The predicted molar refractivity (Wildman–Crippen MR) is 72.5 cm³/mol. The van der Waals surface area contributed by atoms with E-state index in [1.807, 2.05) is 0 Å². The van der Waals surface area contributed by atoms with E-state index in [9.17, 15) is 4.79 Å². The lowest BCUT2D eigenvalue weighted by molar-refractivity contribution is 0.0612. The van der Waals surface area contributed by atoms with Crippen LogP contribution in [0, 0.1) is 5.92 Å². The topological polar surface area (TPSA) is 23.6 Å². The molecule has 3 fully saturated rings. The number of likely N-dealkylation sites (tertiary alicyclic amines) is 2. The molecule has 102 valence electrons. The Morgan fingerprint density at radius 1 is 0.778 bits per heavy atom. The highest BCUT2D eigenvalue weighted by atomic mass is 16.2. The van der Waals surface area contributed by atoms with Gasteiger partial charge in [0.1, 0.15) is 0 Å². The minimum absolute atomic E-state index is 0.353. The Kier molecular flexibility index (Phi) is 3.76. The summed E-state index contributed by atoms with van der Waals surface area (Å²) >= 11 is 0. The smallest absolute Gasteiger partial charge is 0.320 e. The van der Waals surface area contributed by atoms with Gasteiger partial charge in [-0.3, -0.25) is 0 Å². The van der Waals surface area contributed by atoms with Crippen molar-refractivity contribution >= 4 is 6.03 Å². The van der Waals surface area contributed by atoms with Crippen LogP contribution in [-0.4, -0.2) is 41.5 Å². The van der Waals surface area contributed by atoms with Gasteiger partial charge in [-0.2, -0.15) is 0 Å². The molecule has 0 N–H and O–H groups in total. The summed E-state index contributed by atoms with van der Waals surface area (Å²) in [5.74, 6) is 0.807. The molecule has 0 aromatic rings. The van der Waals surface area contributed by atoms with Gasteiger partial charge in [0.05, 0.1) is 0 Å². The number of hydrogen-bond donors (Lipinski definition) is 0. The summed E-state index contributed by atoms with van der Waals surface area (Å²) in [7, 11) is 0. The molecule has 3 rings (SSSR count). The quantitative estimate of drug-likeness (QED) is 0.647. The van der Waals surface area contributed by atoms with Crippen molar-refractivity contribution < 1.29 is 4.79 Å². The van der Waals surface area contributed by atoms with Crippen molar-refractivity contribution in [3.8, 4) is 0 Å². The number of hydrogen-bond acceptors (Lipinski definition) is 1. The maximum atomic E-state index is 12.7. The van der Waals surface area contributed by atoms with Gasteiger partial charge in [-0.25, -0.2) is 4.79 Å². The molecule has 0 aromatic heterocycles. The first-order valence-corrected chi connectivity index (χ1v) is 7.92. The highest BCUT2D eigenvalue weighted by Crippen LogP contribution is 2.35. The summed E-state index contributed by atoms with van der Waals surface area (Å²) in [5.41, 5.74) is 0. The number of urea groups is 1. The minimum Gasteiger partial charge on any atom is -0.325 e. The third-order valence-corrected chi connectivity index (χ3v) is 5.12. The third-order valence-electron chi connectivity index (χ3n) is 5.12. The predicted octanol–water partition coefficient (Wildman–Crippen LogP) is 3.25. The molecule has 0 unspecified atom stereocenters. The molecule has 3 heteroatoms. The lowest BCUT2D eigenvalue weighted by Crippen LogP contribution is -2.55. The molecule has 2 heterocycles. The van der Waals surface area contributed by atoms with E-state index in [0.717, 1.165) is 25.6 Å². The SMILES string of the molecule is O=C(N1CCCCC1)N1CCC[C@H]2CCCC[C@H]21. The van der Waals surface area contributed by atoms with Crippen LogP contribution in [0.15, 0.2) is 0 Å². The van der Waals surface area contributed by atoms with E-state index in [0.29, 0.717) is 12.1 Å². The summed E-state index contributed by atoms with van der Waals surface area (Å²) in [6.45, 7) is 3.00. The molecule has 1 saturated carbocycles. The number of rotatable bonds is 0. The van der Waals surface area contributed by atoms with Crippen LogP contribution in [-0.2, 0) is 0 Å². The van der Waals surface area contributed by atoms with Crippen molar-refractivity contribution in [2.75, 3.05) is 19.6 Å². The van der Waals surface area contributed by atoms with E-state index in [1.165, 1.54) is 57.8 Å². The molecule has 0 radical (unpaired) electrons. The average molecular weight is 250 g/mol. The molecule has 3 aliphatic rings. The first kappa shape index (κ1) is 12.3. The van der Waals surface area contributed by atoms with Crippen molar-refractivity contribution in [2.24, 2.45) is 5.92 Å². The molecule has 18 heavy (non-hydrogen) atoms. The van der Waals surface area contributed by atoms with Crippen LogP contribution in [0.5, 0.6) is 0 Å². The van der Waals surface area contributed by atoms with Gasteiger partial charge in [-0.15, -0.1) is 0 Å². The standard InChI is InChI=1S/C15H26N2O/c18-15(16-10-4-1-5-11-16)17-12-6-8-13-7-2-3-9-14(13)17/h13-14H,1-12H2/t13-,14-/m1/s1. The van der Waals surface area contributed by atoms with E-state index in [-0.39, 0.29) is 0 Å². The van der Waals surface area contributed by atoms with Crippen LogP contribution in [0.4, 0.5) is 4.79 Å². The van der Waals surface area contributed by atoms with Crippen molar-refractivity contribution in [1.29, 1.82) is 0 Å². The summed E-state index contributed by atoms with van der Waals surface area (Å²) in [6, 6.07) is 0.924. The first-order valence-electron chi connectivity index (χ1n) is 7.92. The van der Waals surface area contributed by atoms with Crippen LogP contribution in [0.1, 0.15) is 57.8 Å². The zero-order valence-electron chi connectivity index (χ0n) is 11.4. The van der Waals surface area contributed by atoms with Gasteiger partial charge in [-0.1, -0.05) is 12.8 Å². The van der Waals surface area contributed by atoms with Crippen LogP contribution in [0.2, 0.25) is 0 Å². The normalized spacial score (nSPS) is 33.1. The highest BCUT2D eigenvalue weighted by molar-refractivity contribution is 5.75. The molecule has 2 amide bonds. The largest absolute Gasteiger partial charge is 0.325 e. The third kappa shape index (κ3) is 2.36. The fraction of sp³-hybridized carbons (Fsp3) is 0.933. The Morgan fingerprint density at radius 3 is 2.33 bits per heavy atom. The molecule has 2 saturated heterocycles. The molecule has 1 aliphatic carbocycles. The van der Waals surface area contributed by atoms with E-state index in [2.05, 4.69) is 9.80 Å². The summed E-state index contributed by atoms with van der Waals surface area (Å²) in [5, 5.41) is 0. The Bertz CT molecular complexity index is 297. The Balaban J connectivity index is 1.67. The van der Waals surface area contributed by atoms with Crippen molar-refractivity contribution in [3.05, 3.63) is 0 Å². The lowest BCUT2D eigenvalue weighted by Gasteiger charge is -2.46. The lowest BCUT2D eigenvalue weighted by atomic mass is 9.78. The van der Waals surface area contributed by atoms with Crippen molar-refractivity contribution in [2.45, 2.75) is 63.8 Å². The van der Waals surface area contributed by atoms with Crippen LogP contribution < -0.4 is 0 Å². The van der Waals surface area contributed by atoms with Gasteiger partial charge in [0.2, 0.25) is 0 Å². The summed E-state index contributed by atoms with van der Waals surface area (Å²) in [4.78, 5) is 17.0. The fourth-order valence-electron chi connectivity index (χ4n) is 4.13. The van der Waals surface area contributed by atoms with Crippen LogP contribution >= 0.6 is 0 Å². The Labute approximate surface area is 111 Å². The van der Waals surface area contributed by atoms with Crippen molar-refractivity contribution in [3.63, 3.8) is 0 Å². The average Bonchev–Trinajstić information content (AvgIpc) is 2.47. The van der Waals surface area contributed by atoms with Gasteiger partial charge in [0.25, 0.3) is 0 Å². The number of carbonyl (C=O) groups is 1. The van der Waals surface area contributed by atoms with E-state index in [4.69, 9.17) is 0 Å². The maximum absolute atomic E-state index is 12.7. The molecular weight excluding hydrogens is 224 g/mol. The highest BCUT2D eigenvalue weighted by Gasteiger charge is 2.37. The Hall–Kier alpha value is -0.730.